The molecule has 0 saturated carbocycles. The summed E-state index contributed by atoms with van der Waals surface area (Å²) in [7, 11) is 1.70. The summed E-state index contributed by atoms with van der Waals surface area (Å²) in [6.07, 6.45) is 0. The quantitative estimate of drug-likeness (QED) is 0.725. The van der Waals surface area contributed by atoms with Gasteiger partial charge in [0.2, 0.25) is 0 Å². The van der Waals surface area contributed by atoms with Crippen molar-refractivity contribution < 1.29 is 4.74 Å². The van der Waals surface area contributed by atoms with Crippen molar-refractivity contribution in [1.29, 1.82) is 0 Å². The van der Waals surface area contributed by atoms with Crippen LogP contribution in [0.1, 0.15) is 5.56 Å². The lowest BCUT2D eigenvalue weighted by atomic mass is 10.2. The van der Waals surface area contributed by atoms with Crippen LogP contribution < -0.4 is 5.32 Å². The molecule has 2 rings (SSSR count). The molecule has 0 saturated heterocycles. The summed E-state index contributed by atoms with van der Waals surface area (Å²) in [5, 5.41) is 4.83. The number of rotatable bonds is 7. The van der Waals surface area contributed by atoms with Gasteiger partial charge in [-0.1, -0.05) is 41.0 Å². The molecular weight excluding hydrogens is 325 g/mol. The highest BCUT2D eigenvalue weighted by Gasteiger charge is 2.06. The second kappa shape index (κ2) is 8.66. The van der Waals surface area contributed by atoms with Crippen molar-refractivity contribution in [1.82, 2.24) is 5.32 Å². The Morgan fingerprint density at radius 3 is 2.67 bits per heavy atom. The predicted molar refractivity (Wildman–Crippen MR) is 90.6 cm³/mol. The Labute approximate surface area is 139 Å². The normalized spacial score (nSPS) is 10.8. The van der Waals surface area contributed by atoms with E-state index in [0.717, 1.165) is 28.0 Å². The second-order valence-corrected chi connectivity index (χ2v) is 6.47. The van der Waals surface area contributed by atoms with Crippen molar-refractivity contribution in [2.45, 2.75) is 16.3 Å². The maximum atomic E-state index is 6.10. The van der Waals surface area contributed by atoms with Gasteiger partial charge in [-0.15, -0.1) is 0 Å². The largest absolute Gasteiger partial charge is 0.383 e. The lowest BCUT2D eigenvalue weighted by Crippen LogP contribution is -2.18. The number of hydrogen-bond acceptors (Lipinski definition) is 3. The van der Waals surface area contributed by atoms with Crippen LogP contribution in [0, 0.1) is 0 Å². The first kappa shape index (κ1) is 16.7. The van der Waals surface area contributed by atoms with E-state index in [9.17, 15) is 0 Å². The summed E-state index contributed by atoms with van der Waals surface area (Å²) in [5.41, 5.74) is 1.17. The van der Waals surface area contributed by atoms with Gasteiger partial charge in [0.25, 0.3) is 0 Å². The van der Waals surface area contributed by atoms with Crippen LogP contribution >= 0.6 is 35.0 Å². The van der Waals surface area contributed by atoms with Crippen LogP contribution in [-0.4, -0.2) is 20.3 Å². The van der Waals surface area contributed by atoms with E-state index in [4.69, 9.17) is 27.9 Å². The van der Waals surface area contributed by atoms with Gasteiger partial charge in [-0.25, -0.2) is 0 Å². The minimum Gasteiger partial charge on any atom is -0.383 e. The summed E-state index contributed by atoms with van der Waals surface area (Å²) >= 11 is 13.8. The van der Waals surface area contributed by atoms with Gasteiger partial charge in [0.05, 0.1) is 6.61 Å². The SMILES string of the molecule is COCCNCc1cc(Cl)ccc1Sc1cccc(Cl)c1. The summed E-state index contributed by atoms with van der Waals surface area (Å²) in [4.78, 5) is 2.29. The van der Waals surface area contributed by atoms with Crippen LogP contribution in [-0.2, 0) is 11.3 Å². The van der Waals surface area contributed by atoms with E-state index in [-0.39, 0.29) is 0 Å². The van der Waals surface area contributed by atoms with E-state index < -0.39 is 0 Å². The van der Waals surface area contributed by atoms with E-state index in [1.165, 1.54) is 10.5 Å². The molecule has 0 atom stereocenters. The first-order chi connectivity index (χ1) is 10.2. The highest BCUT2D eigenvalue weighted by Crippen LogP contribution is 2.33. The van der Waals surface area contributed by atoms with Gasteiger partial charge in [-0.2, -0.15) is 0 Å². The molecule has 0 heterocycles. The maximum absolute atomic E-state index is 6.10. The van der Waals surface area contributed by atoms with Crippen LogP contribution in [0.25, 0.3) is 0 Å². The topological polar surface area (TPSA) is 21.3 Å². The average Bonchev–Trinajstić information content (AvgIpc) is 2.46. The third-order valence-corrected chi connectivity index (χ3v) is 4.42. The Hall–Kier alpha value is -0.710. The van der Waals surface area contributed by atoms with E-state index in [0.29, 0.717) is 6.61 Å². The van der Waals surface area contributed by atoms with Gasteiger partial charge in [0, 0.05) is 40.0 Å². The lowest BCUT2D eigenvalue weighted by Gasteiger charge is -2.11. The molecule has 0 aliphatic carbocycles. The third-order valence-electron chi connectivity index (χ3n) is 2.84. The summed E-state index contributed by atoms with van der Waals surface area (Å²) in [5.74, 6) is 0. The highest BCUT2D eigenvalue weighted by atomic mass is 35.5. The molecule has 1 N–H and O–H groups in total. The van der Waals surface area contributed by atoms with Gasteiger partial charge >= 0.3 is 0 Å². The number of halogens is 2. The molecule has 0 unspecified atom stereocenters. The Morgan fingerprint density at radius 2 is 1.90 bits per heavy atom. The molecule has 2 aromatic carbocycles. The zero-order valence-corrected chi connectivity index (χ0v) is 14.1. The van der Waals surface area contributed by atoms with Gasteiger partial charge in [0.1, 0.15) is 0 Å². The van der Waals surface area contributed by atoms with Crippen LogP contribution in [0.4, 0.5) is 0 Å². The Morgan fingerprint density at radius 1 is 1.10 bits per heavy atom. The van der Waals surface area contributed by atoms with Crippen molar-refractivity contribution in [2.24, 2.45) is 0 Å². The minimum atomic E-state index is 0.692. The highest BCUT2D eigenvalue weighted by molar-refractivity contribution is 7.99. The fourth-order valence-electron chi connectivity index (χ4n) is 1.84. The molecular formula is C16H17Cl2NOS. The monoisotopic (exact) mass is 341 g/mol. The standard InChI is InChI=1S/C16H17Cl2NOS/c1-20-8-7-19-11-12-9-14(18)5-6-16(12)21-15-4-2-3-13(17)10-15/h2-6,9-10,19H,7-8,11H2,1H3. The fraction of sp³-hybridized carbons (Fsp3) is 0.250. The Kier molecular flexibility index (Phi) is 6.87. The molecule has 0 radical (unpaired) electrons. The molecule has 0 spiro atoms. The number of nitrogens with one attached hydrogen (secondary N) is 1. The van der Waals surface area contributed by atoms with Gasteiger partial charge in [-0.05, 0) is 42.0 Å². The van der Waals surface area contributed by atoms with Crippen LogP contribution in [0.15, 0.2) is 52.3 Å². The molecule has 0 aliphatic rings. The van der Waals surface area contributed by atoms with Crippen molar-refractivity contribution in [3.05, 3.63) is 58.1 Å². The van der Waals surface area contributed by atoms with Crippen LogP contribution in [0.5, 0.6) is 0 Å². The number of benzene rings is 2. The number of hydrogen-bond donors (Lipinski definition) is 1. The minimum absolute atomic E-state index is 0.692. The molecule has 21 heavy (non-hydrogen) atoms. The van der Waals surface area contributed by atoms with Crippen LogP contribution in [0.2, 0.25) is 10.0 Å². The number of ether oxygens (including phenoxy) is 1. The maximum Gasteiger partial charge on any atom is 0.0587 e. The van der Waals surface area contributed by atoms with E-state index >= 15 is 0 Å². The smallest absolute Gasteiger partial charge is 0.0587 e. The average molecular weight is 342 g/mol. The van der Waals surface area contributed by atoms with E-state index in [2.05, 4.69) is 5.32 Å². The molecule has 112 valence electrons. The molecule has 0 bridgehead atoms. The van der Waals surface area contributed by atoms with Gasteiger partial charge in [0.15, 0.2) is 0 Å². The second-order valence-electron chi connectivity index (χ2n) is 4.48. The van der Waals surface area contributed by atoms with Crippen molar-refractivity contribution in [2.75, 3.05) is 20.3 Å². The Balaban J connectivity index is 2.10. The fourth-order valence-corrected chi connectivity index (χ4v) is 3.27. The lowest BCUT2D eigenvalue weighted by molar-refractivity contribution is 0.199. The van der Waals surface area contributed by atoms with Crippen molar-refractivity contribution >= 4 is 35.0 Å². The summed E-state index contributed by atoms with van der Waals surface area (Å²) < 4.78 is 5.03. The van der Waals surface area contributed by atoms with E-state index in [1.54, 1.807) is 18.9 Å². The van der Waals surface area contributed by atoms with E-state index in [1.807, 2.05) is 42.5 Å². The molecule has 5 heteroatoms. The van der Waals surface area contributed by atoms with Crippen LogP contribution in [0.3, 0.4) is 0 Å². The molecule has 2 aromatic rings. The molecule has 0 aliphatic heterocycles. The summed E-state index contributed by atoms with van der Waals surface area (Å²) in [6, 6.07) is 13.8. The first-order valence-corrected chi connectivity index (χ1v) is 8.18. The zero-order chi connectivity index (χ0) is 15.1. The predicted octanol–water partition coefficient (Wildman–Crippen LogP) is 4.88. The zero-order valence-electron chi connectivity index (χ0n) is 11.7. The molecule has 0 fully saturated rings. The first-order valence-electron chi connectivity index (χ1n) is 6.60. The van der Waals surface area contributed by atoms with Gasteiger partial charge in [-0.3, -0.25) is 0 Å². The van der Waals surface area contributed by atoms with Crippen molar-refractivity contribution in [3.63, 3.8) is 0 Å². The number of methoxy groups -OCH3 is 1. The van der Waals surface area contributed by atoms with Crippen molar-refractivity contribution in [3.8, 4) is 0 Å². The molecule has 0 aromatic heterocycles. The summed E-state index contributed by atoms with van der Waals surface area (Å²) in [6.45, 7) is 2.26. The third kappa shape index (κ3) is 5.53. The van der Waals surface area contributed by atoms with Gasteiger partial charge < -0.3 is 10.1 Å². The Bertz CT molecular complexity index is 592. The molecule has 2 nitrogen and oxygen atoms in total. The molecule has 0 amide bonds.